The van der Waals surface area contributed by atoms with Crippen LogP contribution in [0.2, 0.25) is 0 Å². The Morgan fingerprint density at radius 3 is 2.69 bits per heavy atom. The van der Waals surface area contributed by atoms with Crippen molar-refractivity contribution in [3.05, 3.63) is 64.4 Å². The van der Waals surface area contributed by atoms with Gasteiger partial charge in [-0.2, -0.15) is 0 Å². The van der Waals surface area contributed by atoms with Crippen molar-refractivity contribution in [3.8, 4) is 5.75 Å². The van der Waals surface area contributed by atoms with Gasteiger partial charge in [0.05, 0.1) is 23.8 Å². The Hall–Kier alpha value is -2.80. The van der Waals surface area contributed by atoms with Crippen LogP contribution < -0.4 is 10.3 Å². The second-order valence-corrected chi connectivity index (χ2v) is 8.11. The van der Waals surface area contributed by atoms with Gasteiger partial charge in [-0.15, -0.1) is 0 Å². The summed E-state index contributed by atoms with van der Waals surface area (Å²) in [4.78, 5) is 32.0. The number of carbonyl (C=O) groups is 1. The third kappa shape index (κ3) is 4.15. The number of hydrogen-bond donors (Lipinski definition) is 0. The molecule has 0 bridgehead atoms. The second kappa shape index (κ2) is 8.29. The van der Waals surface area contributed by atoms with E-state index in [0.29, 0.717) is 22.6 Å². The number of hydrogen-bond acceptors (Lipinski definition) is 5. The molecule has 2 aromatic carbocycles. The molecule has 0 radical (unpaired) electrons. The number of aromatic nitrogens is 2. The standard InChI is InChI=1S/C22H23N3O3S/c1-24(13-15-7-3-6-10-19(15)28-2)20(26)14-29-22-23-18-9-5-4-8-17(18)21(27)25(22)16-11-12-16/h3-10,16H,11-14H2,1-2H3. The van der Waals surface area contributed by atoms with E-state index in [-0.39, 0.29) is 23.3 Å². The first-order valence-corrected chi connectivity index (χ1v) is 10.6. The predicted molar refractivity (Wildman–Crippen MR) is 114 cm³/mol. The largest absolute Gasteiger partial charge is 0.496 e. The third-order valence-electron chi connectivity index (χ3n) is 5.04. The van der Waals surface area contributed by atoms with Crippen molar-refractivity contribution in [1.82, 2.24) is 14.5 Å². The van der Waals surface area contributed by atoms with Crippen LogP contribution in [0.5, 0.6) is 5.75 Å². The van der Waals surface area contributed by atoms with E-state index in [1.165, 1.54) is 11.8 Å². The Labute approximate surface area is 173 Å². The highest BCUT2D eigenvalue weighted by molar-refractivity contribution is 7.99. The molecule has 0 unspecified atom stereocenters. The molecule has 1 aliphatic carbocycles. The van der Waals surface area contributed by atoms with Crippen molar-refractivity contribution in [3.63, 3.8) is 0 Å². The lowest BCUT2D eigenvalue weighted by Crippen LogP contribution is -2.29. The van der Waals surface area contributed by atoms with E-state index < -0.39 is 0 Å². The van der Waals surface area contributed by atoms with Gasteiger partial charge >= 0.3 is 0 Å². The van der Waals surface area contributed by atoms with Gasteiger partial charge in [0.2, 0.25) is 5.91 Å². The first-order chi connectivity index (χ1) is 14.1. The van der Waals surface area contributed by atoms with E-state index in [4.69, 9.17) is 4.74 Å². The Bertz CT molecular complexity index is 1110. The Kier molecular flexibility index (Phi) is 5.58. The third-order valence-corrected chi connectivity index (χ3v) is 5.98. The van der Waals surface area contributed by atoms with Gasteiger partial charge in [0, 0.05) is 25.2 Å². The van der Waals surface area contributed by atoms with Gasteiger partial charge in [-0.25, -0.2) is 4.98 Å². The van der Waals surface area contributed by atoms with Crippen LogP contribution in [-0.2, 0) is 11.3 Å². The number of fused-ring (bicyclic) bond motifs is 1. The zero-order chi connectivity index (χ0) is 20.4. The first-order valence-electron chi connectivity index (χ1n) is 9.58. The lowest BCUT2D eigenvalue weighted by Gasteiger charge is -2.19. The van der Waals surface area contributed by atoms with Crippen molar-refractivity contribution in [2.45, 2.75) is 30.6 Å². The molecular formula is C22H23N3O3S. The molecule has 0 spiro atoms. The molecule has 1 aromatic heterocycles. The number of amides is 1. The lowest BCUT2D eigenvalue weighted by atomic mass is 10.2. The maximum Gasteiger partial charge on any atom is 0.262 e. The van der Waals surface area contributed by atoms with E-state index >= 15 is 0 Å². The average molecular weight is 410 g/mol. The highest BCUT2D eigenvalue weighted by atomic mass is 32.2. The maximum absolute atomic E-state index is 12.9. The summed E-state index contributed by atoms with van der Waals surface area (Å²) in [6.45, 7) is 0.462. The van der Waals surface area contributed by atoms with Crippen molar-refractivity contribution in [2.75, 3.05) is 19.9 Å². The van der Waals surface area contributed by atoms with Gasteiger partial charge in [-0.3, -0.25) is 14.2 Å². The fourth-order valence-electron chi connectivity index (χ4n) is 3.30. The van der Waals surface area contributed by atoms with Crippen LogP contribution >= 0.6 is 11.8 Å². The van der Waals surface area contributed by atoms with Crippen LogP contribution in [0.4, 0.5) is 0 Å². The Morgan fingerprint density at radius 2 is 1.93 bits per heavy atom. The molecule has 1 amide bonds. The SMILES string of the molecule is COc1ccccc1CN(C)C(=O)CSc1nc2ccccc2c(=O)n1C1CC1. The van der Waals surface area contributed by atoms with Crippen LogP contribution in [0.15, 0.2) is 58.5 Å². The monoisotopic (exact) mass is 409 g/mol. The van der Waals surface area contributed by atoms with Crippen molar-refractivity contribution < 1.29 is 9.53 Å². The summed E-state index contributed by atoms with van der Waals surface area (Å²) >= 11 is 1.33. The van der Waals surface area contributed by atoms with Gasteiger partial charge < -0.3 is 9.64 Å². The summed E-state index contributed by atoms with van der Waals surface area (Å²) in [5, 5.41) is 1.25. The molecule has 6 nitrogen and oxygen atoms in total. The highest BCUT2D eigenvalue weighted by Gasteiger charge is 2.29. The van der Waals surface area contributed by atoms with Crippen LogP contribution in [0.1, 0.15) is 24.4 Å². The molecule has 7 heteroatoms. The van der Waals surface area contributed by atoms with Gasteiger partial charge in [0.1, 0.15) is 5.75 Å². The highest BCUT2D eigenvalue weighted by Crippen LogP contribution is 2.36. The molecule has 150 valence electrons. The molecule has 3 aromatic rings. The minimum atomic E-state index is -0.0225. The number of rotatable bonds is 7. The molecule has 1 heterocycles. The van der Waals surface area contributed by atoms with Gasteiger partial charge in [-0.05, 0) is 31.0 Å². The molecule has 4 rings (SSSR count). The van der Waals surface area contributed by atoms with E-state index in [1.54, 1.807) is 23.6 Å². The zero-order valence-electron chi connectivity index (χ0n) is 16.5. The molecular weight excluding hydrogens is 386 g/mol. The van der Waals surface area contributed by atoms with E-state index in [9.17, 15) is 9.59 Å². The van der Waals surface area contributed by atoms with Gasteiger partial charge in [-0.1, -0.05) is 42.1 Å². The molecule has 0 aliphatic heterocycles. The Balaban J connectivity index is 1.51. The average Bonchev–Trinajstić information content (AvgIpc) is 3.57. The van der Waals surface area contributed by atoms with E-state index in [0.717, 1.165) is 24.2 Å². The van der Waals surface area contributed by atoms with Crippen LogP contribution in [0.25, 0.3) is 10.9 Å². The Morgan fingerprint density at radius 1 is 1.21 bits per heavy atom. The number of para-hydroxylation sites is 2. The fraction of sp³-hybridized carbons (Fsp3) is 0.318. The first kappa shape index (κ1) is 19.5. The van der Waals surface area contributed by atoms with E-state index in [1.807, 2.05) is 48.5 Å². The smallest absolute Gasteiger partial charge is 0.262 e. The molecule has 0 N–H and O–H groups in total. The molecule has 1 aliphatic rings. The fourth-order valence-corrected chi connectivity index (χ4v) is 4.30. The zero-order valence-corrected chi connectivity index (χ0v) is 17.3. The molecule has 0 saturated heterocycles. The van der Waals surface area contributed by atoms with Crippen molar-refractivity contribution in [2.24, 2.45) is 0 Å². The van der Waals surface area contributed by atoms with Gasteiger partial charge in [0.15, 0.2) is 5.16 Å². The summed E-state index contributed by atoms with van der Waals surface area (Å²) < 4.78 is 7.13. The van der Waals surface area contributed by atoms with Crippen LogP contribution in [0.3, 0.4) is 0 Å². The lowest BCUT2D eigenvalue weighted by molar-refractivity contribution is -0.127. The summed E-state index contributed by atoms with van der Waals surface area (Å²) in [5.74, 6) is 0.965. The minimum Gasteiger partial charge on any atom is -0.496 e. The molecule has 29 heavy (non-hydrogen) atoms. The minimum absolute atomic E-state index is 0.0181. The summed E-state index contributed by atoms with van der Waals surface area (Å²) in [5.41, 5.74) is 1.61. The topological polar surface area (TPSA) is 64.4 Å². The molecule has 0 atom stereocenters. The maximum atomic E-state index is 12.9. The number of benzene rings is 2. The predicted octanol–water partition coefficient (Wildman–Crippen LogP) is 3.49. The van der Waals surface area contributed by atoms with Crippen molar-refractivity contribution in [1.29, 1.82) is 0 Å². The normalized spacial score (nSPS) is 13.4. The number of methoxy groups -OCH3 is 1. The van der Waals surface area contributed by atoms with Crippen LogP contribution in [0, 0.1) is 0 Å². The quantitative estimate of drug-likeness (QED) is 0.442. The van der Waals surface area contributed by atoms with Crippen molar-refractivity contribution >= 4 is 28.6 Å². The van der Waals surface area contributed by atoms with Gasteiger partial charge in [0.25, 0.3) is 5.56 Å². The second-order valence-electron chi connectivity index (χ2n) is 7.17. The van der Waals surface area contributed by atoms with E-state index in [2.05, 4.69) is 4.98 Å². The number of carbonyl (C=O) groups excluding carboxylic acids is 1. The molecule has 1 saturated carbocycles. The summed E-state index contributed by atoms with van der Waals surface area (Å²) in [6, 6.07) is 15.2. The summed E-state index contributed by atoms with van der Waals surface area (Å²) in [6.07, 6.45) is 1.96. The molecule has 1 fully saturated rings. The van der Waals surface area contributed by atoms with Crippen LogP contribution in [-0.4, -0.2) is 40.3 Å². The summed E-state index contributed by atoms with van der Waals surface area (Å²) in [7, 11) is 3.40. The number of nitrogens with zero attached hydrogens (tertiary/aromatic N) is 3. The number of thioether (sulfide) groups is 1. The number of ether oxygens (including phenoxy) is 1.